The molecule has 3 aromatic rings. The number of hydrogen-bond acceptors (Lipinski definition) is 3. The highest BCUT2D eigenvalue weighted by Crippen LogP contribution is 2.27. The first-order valence-corrected chi connectivity index (χ1v) is 11.8. The Kier molecular flexibility index (Phi) is 5.27. The van der Waals surface area contributed by atoms with Crippen LogP contribution < -0.4 is 5.32 Å². The van der Waals surface area contributed by atoms with Gasteiger partial charge in [-0.25, -0.2) is 9.67 Å². The van der Waals surface area contributed by atoms with E-state index in [1.54, 1.807) is 11.0 Å². The smallest absolute Gasteiger partial charge is 0.307 e. The van der Waals surface area contributed by atoms with Crippen molar-refractivity contribution in [2.75, 3.05) is 0 Å². The Hall–Kier alpha value is -2.41. The van der Waals surface area contributed by atoms with Crippen LogP contribution in [0, 0.1) is 0 Å². The molecule has 0 amide bonds. The van der Waals surface area contributed by atoms with Gasteiger partial charge >= 0.3 is 5.97 Å². The van der Waals surface area contributed by atoms with Gasteiger partial charge in [0.2, 0.25) is 0 Å². The van der Waals surface area contributed by atoms with Crippen LogP contribution >= 0.6 is 0 Å². The summed E-state index contributed by atoms with van der Waals surface area (Å²) in [5, 5.41) is 15.9. The molecule has 2 heterocycles. The molecule has 0 atom stereocenters. The number of carboxylic acid groups (broad SMARTS) is 1. The van der Waals surface area contributed by atoms with Crippen molar-refractivity contribution >= 4 is 30.3 Å². The topological polar surface area (TPSA) is 83.8 Å². The fourth-order valence-electron chi connectivity index (χ4n) is 3.96. The lowest BCUT2D eigenvalue weighted by Crippen LogP contribution is -2.48. The summed E-state index contributed by atoms with van der Waals surface area (Å²) in [6.07, 6.45) is 3.28. The summed E-state index contributed by atoms with van der Waals surface area (Å²) in [4.78, 5) is 19.2. The molecule has 2 N–H and O–H groups in total. The summed E-state index contributed by atoms with van der Waals surface area (Å²) < 4.78 is 1.77. The molecule has 0 aliphatic carbocycles. The molecular formula is C19H26N4O2Si. The van der Waals surface area contributed by atoms with Gasteiger partial charge in [-0.2, -0.15) is 5.10 Å². The third-order valence-electron chi connectivity index (χ3n) is 5.67. The van der Waals surface area contributed by atoms with Gasteiger partial charge in [0.25, 0.3) is 0 Å². The third-order valence-corrected chi connectivity index (χ3v) is 11.2. The Bertz CT molecular complexity index is 890. The van der Waals surface area contributed by atoms with Crippen LogP contribution in [0.2, 0.25) is 18.1 Å². The van der Waals surface area contributed by atoms with E-state index < -0.39 is 14.0 Å². The van der Waals surface area contributed by atoms with E-state index in [0.717, 1.165) is 40.2 Å². The van der Waals surface area contributed by atoms with Crippen molar-refractivity contribution in [2.24, 2.45) is 0 Å². The predicted octanol–water partition coefficient (Wildman–Crippen LogP) is 3.15. The molecule has 1 aromatic carbocycles. The number of fused-ring (bicyclic) bond motifs is 1. The van der Waals surface area contributed by atoms with Crippen LogP contribution in [-0.4, -0.2) is 38.9 Å². The Morgan fingerprint density at radius 2 is 1.96 bits per heavy atom. The lowest BCUT2D eigenvalue weighted by atomic mass is 10.1. The van der Waals surface area contributed by atoms with Crippen molar-refractivity contribution < 1.29 is 9.90 Å². The SMILES string of the molecule is CC[Si](CC)(CC)c1[nH]c2ccc(Cn3cncn3)cc2c1CC(=O)O. The van der Waals surface area contributed by atoms with Gasteiger partial charge in [-0.05, 0) is 23.3 Å². The zero-order valence-electron chi connectivity index (χ0n) is 15.6. The molecule has 0 fully saturated rings. The van der Waals surface area contributed by atoms with Crippen LogP contribution in [0.3, 0.4) is 0 Å². The standard InChI is InChI=1S/C19H26N4O2Si/c1-4-26(5-2,6-3)19-16(10-18(24)25)15-9-14(7-8-17(15)22-19)11-23-13-20-12-21-23/h7-9,12-13,22H,4-6,10-11H2,1-3H3,(H,24,25). The summed E-state index contributed by atoms with van der Waals surface area (Å²) >= 11 is 0. The van der Waals surface area contributed by atoms with Crippen molar-refractivity contribution in [3.8, 4) is 0 Å². The second kappa shape index (κ2) is 7.45. The van der Waals surface area contributed by atoms with E-state index in [-0.39, 0.29) is 6.42 Å². The first-order valence-electron chi connectivity index (χ1n) is 9.21. The largest absolute Gasteiger partial charge is 0.481 e. The minimum Gasteiger partial charge on any atom is -0.481 e. The minimum absolute atomic E-state index is 0.0663. The van der Waals surface area contributed by atoms with Crippen LogP contribution in [0.1, 0.15) is 31.9 Å². The molecule has 0 saturated carbocycles. The molecule has 0 radical (unpaired) electrons. The van der Waals surface area contributed by atoms with Crippen molar-refractivity contribution in [2.45, 2.75) is 51.9 Å². The van der Waals surface area contributed by atoms with Crippen LogP contribution in [0.25, 0.3) is 10.9 Å². The Morgan fingerprint density at radius 1 is 1.23 bits per heavy atom. The van der Waals surface area contributed by atoms with E-state index in [0.29, 0.717) is 6.54 Å². The molecule has 0 unspecified atom stereocenters. The van der Waals surface area contributed by atoms with Crippen molar-refractivity contribution in [1.82, 2.24) is 19.7 Å². The minimum atomic E-state index is -1.72. The summed E-state index contributed by atoms with van der Waals surface area (Å²) in [5.74, 6) is -0.778. The van der Waals surface area contributed by atoms with Crippen LogP contribution in [0.15, 0.2) is 30.9 Å². The van der Waals surface area contributed by atoms with Gasteiger partial charge in [0.05, 0.1) is 13.0 Å². The average Bonchev–Trinajstić information content (AvgIpc) is 3.26. The first kappa shape index (κ1) is 18.4. The molecule has 0 aliphatic rings. The molecule has 0 aliphatic heterocycles. The Morgan fingerprint density at radius 3 is 2.54 bits per heavy atom. The van der Waals surface area contributed by atoms with Crippen molar-refractivity contribution in [3.05, 3.63) is 42.0 Å². The first-order chi connectivity index (χ1) is 12.5. The highest BCUT2D eigenvalue weighted by atomic mass is 28.3. The molecule has 2 aromatic heterocycles. The average molecular weight is 371 g/mol. The number of H-pyrrole nitrogens is 1. The molecule has 6 nitrogen and oxygen atoms in total. The maximum atomic E-state index is 11.6. The molecule has 7 heteroatoms. The summed E-state index contributed by atoms with van der Waals surface area (Å²) in [7, 11) is -1.72. The van der Waals surface area contributed by atoms with E-state index in [2.05, 4.69) is 54.0 Å². The fraction of sp³-hybridized carbons (Fsp3) is 0.421. The number of nitrogens with zero attached hydrogens (tertiary/aromatic N) is 3. The van der Waals surface area contributed by atoms with Gasteiger partial charge in [0.1, 0.15) is 20.7 Å². The number of benzene rings is 1. The van der Waals surface area contributed by atoms with Gasteiger partial charge < -0.3 is 10.1 Å². The molecule has 0 saturated heterocycles. The van der Waals surface area contributed by atoms with Crippen LogP contribution in [-0.2, 0) is 17.8 Å². The molecule has 3 rings (SSSR count). The number of aromatic amines is 1. The van der Waals surface area contributed by atoms with Gasteiger partial charge in [-0.1, -0.05) is 45.0 Å². The molecule has 138 valence electrons. The summed E-state index contributed by atoms with van der Waals surface area (Å²) in [6, 6.07) is 9.59. The molecular weight excluding hydrogens is 344 g/mol. The molecule has 0 spiro atoms. The number of hydrogen-bond donors (Lipinski definition) is 2. The van der Waals surface area contributed by atoms with Crippen LogP contribution in [0.5, 0.6) is 0 Å². The van der Waals surface area contributed by atoms with Gasteiger partial charge in [-0.15, -0.1) is 0 Å². The zero-order valence-corrected chi connectivity index (χ0v) is 16.6. The maximum Gasteiger partial charge on any atom is 0.307 e. The third kappa shape index (κ3) is 3.31. The quantitative estimate of drug-likeness (QED) is 0.597. The van der Waals surface area contributed by atoms with E-state index in [1.165, 1.54) is 11.6 Å². The van der Waals surface area contributed by atoms with E-state index in [9.17, 15) is 9.90 Å². The highest BCUT2D eigenvalue weighted by Gasteiger charge is 2.34. The molecule has 0 bridgehead atoms. The summed E-state index contributed by atoms with van der Waals surface area (Å²) in [6.45, 7) is 7.35. The zero-order chi connectivity index (χ0) is 18.7. The summed E-state index contributed by atoms with van der Waals surface area (Å²) in [5.41, 5.74) is 3.10. The normalized spacial score (nSPS) is 12.0. The van der Waals surface area contributed by atoms with Crippen LogP contribution in [0.4, 0.5) is 0 Å². The van der Waals surface area contributed by atoms with Crippen molar-refractivity contribution in [3.63, 3.8) is 0 Å². The predicted molar refractivity (Wildman–Crippen MR) is 106 cm³/mol. The maximum absolute atomic E-state index is 11.6. The van der Waals surface area contributed by atoms with E-state index >= 15 is 0 Å². The van der Waals surface area contributed by atoms with E-state index in [1.807, 2.05) is 0 Å². The number of carbonyl (C=O) groups is 1. The van der Waals surface area contributed by atoms with Gasteiger partial charge in [0, 0.05) is 16.2 Å². The number of nitrogens with one attached hydrogen (secondary N) is 1. The second-order valence-corrected chi connectivity index (χ2v) is 12.0. The lowest BCUT2D eigenvalue weighted by molar-refractivity contribution is -0.136. The molecule has 26 heavy (non-hydrogen) atoms. The van der Waals surface area contributed by atoms with Gasteiger partial charge in [-0.3, -0.25) is 4.79 Å². The Balaban J connectivity index is 2.14. The lowest BCUT2D eigenvalue weighted by Gasteiger charge is -2.28. The van der Waals surface area contributed by atoms with E-state index in [4.69, 9.17) is 0 Å². The van der Waals surface area contributed by atoms with Gasteiger partial charge in [0.15, 0.2) is 0 Å². The number of rotatable bonds is 8. The number of aromatic nitrogens is 4. The number of carboxylic acids is 1. The highest BCUT2D eigenvalue weighted by molar-refractivity contribution is 6.91. The number of aliphatic carboxylic acids is 1. The Labute approximate surface area is 154 Å². The monoisotopic (exact) mass is 370 g/mol. The van der Waals surface area contributed by atoms with Crippen molar-refractivity contribution in [1.29, 1.82) is 0 Å². The fourth-order valence-corrected chi connectivity index (χ4v) is 7.79. The second-order valence-electron chi connectivity index (χ2n) is 6.86.